The number of guanidine groups is 1. The van der Waals surface area contributed by atoms with Gasteiger partial charge in [-0.05, 0) is 12.8 Å². The predicted octanol–water partition coefficient (Wildman–Crippen LogP) is -1.61. The zero-order valence-corrected chi connectivity index (χ0v) is 9.14. The van der Waals surface area contributed by atoms with Crippen molar-refractivity contribution in [2.24, 2.45) is 22.2 Å². The van der Waals surface area contributed by atoms with Gasteiger partial charge < -0.3 is 17.2 Å². The summed E-state index contributed by atoms with van der Waals surface area (Å²) < 4.78 is 0. The topological polar surface area (TPSA) is 120 Å². The molecule has 0 saturated carbocycles. The minimum Gasteiger partial charge on any atom is -0.370 e. The van der Waals surface area contributed by atoms with Crippen molar-refractivity contribution in [3.63, 3.8) is 0 Å². The van der Waals surface area contributed by atoms with Crippen LogP contribution < -0.4 is 17.2 Å². The summed E-state index contributed by atoms with van der Waals surface area (Å²) in [6.07, 6.45) is 1.17. The molecule has 0 aromatic carbocycles. The van der Waals surface area contributed by atoms with Crippen LogP contribution in [0.2, 0.25) is 0 Å². The maximum absolute atomic E-state index is 11.4. The Morgan fingerprint density at radius 3 is 2.60 bits per heavy atom. The van der Waals surface area contributed by atoms with Crippen LogP contribution in [-0.4, -0.2) is 43.7 Å². The van der Waals surface area contributed by atoms with Gasteiger partial charge in [-0.25, -0.2) is 5.06 Å². The molecule has 0 heterocycles. The van der Waals surface area contributed by atoms with Crippen LogP contribution in [-0.2, 0) is 9.63 Å². The smallest absolute Gasteiger partial charge is 0.262 e. The Labute approximate surface area is 89.2 Å². The van der Waals surface area contributed by atoms with E-state index in [1.54, 1.807) is 0 Å². The van der Waals surface area contributed by atoms with Crippen LogP contribution >= 0.6 is 0 Å². The molecule has 0 bridgehead atoms. The molecule has 88 valence electrons. The first-order valence-electron chi connectivity index (χ1n) is 4.61. The highest BCUT2D eigenvalue weighted by molar-refractivity contribution is 5.80. The molecule has 0 aliphatic rings. The molecule has 0 rings (SSSR count). The zero-order chi connectivity index (χ0) is 11.8. The Hall–Kier alpha value is -1.34. The van der Waals surface area contributed by atoms with Crippen LogP contribution in [0.25, 0.3) is 0 Å². The summed E-state index contributed by atoms with van der Waals surface area (Å²) in [4.78, 5) is 19.9. The van der Waals surface area contributed by atoms with Crippen molar-refractivity contribution in [1.82, 2.24) is 5.06 Å². The minimum atomic E-state index is -0.579. The molecule has 0 aromatic rings. The first-order chi connectivity index (χ1) is 6.99. The quantitative estimate of drug-likeness (QED) is 0.214. The number of nitrogens with two attached hydrogens (primary N) is 3. The lowest BCUT2D eigenvalue weighted by atomic mass is 10.1. The Balaban J connectivity index is 3.79. The third-order valence-corrected chi connectivity index (χ3v) is 1.87. The Kier molecular flexibility index (Phi) is 6.39. The molecular weight excluding hydrogens is 198 g/mol. The van der Waals surface area contributed by atoms with Crippen molar-refractivity contribution in [2.75, 3.05) is 20.7 Å². The van der Waals surface area contributed by atoms with E-state index in [1.165, 1.54) is 14.2 Å². The summed E-state index contributed by atoms with van der Waals surface area (Å²) in [6, 6.07) is -0.579. The molecule has 1 atom stereocenters. The van der Waals surface area contributed by atoms with Gasteiger partial charge in [0.2, 0.25) is 0 Å². The van der Waals surface area contributed by atoms with E-state index in [0.29, 0.717) is 19.4 Å². The highest BCUT2D eigenvalue weighted by Gasteiger charge is 2.17. The summed E-state index contributed by atoms with van der Waals surface area (Å²) in [7, 11) is 2.92. The predicted molar refractivity (Wildman–Crippen MR) is 57.7 cm³/mol. The molecule has 0 fully saturated rings. The maximum Gasteiger partial charge on any atom is 0.262 e. The highest BCUT2D eigenvalue weighted by Crippen LogP contribution is 1.99. The van der Waals surface area contributed by atoms with Gasteiger partial charge >= 0.3 is 0 Å². The van der Waals surface area contributed by atoms with Crippen molar-refractivity contribution < 1.29 is 9.63 Å². The number of likely N-dealkylation sites (N-methyl/N-ethyl adjacent to an activating group) is 1. The second kappa shape index (κ2) is 7.02. The third-order valence-electron chi connectivity index (χ3n) is 1.87. The highest BCUT2D eigenvalue weighted by atomic mass is 16.7. The Bertz CT molecular complexity index is 227. The van der Waals surface area contributed by atoms with Crippen molar-refractivity contribution >= 4 is 11.9 Å². The summed E-state index contributed by atoms with van der Waals surface area (Å²) in [5.41, 5.74) is 15.9. The molecule has 0 aliphatic heterocycles. The molecule has 0 unspecified atom stereocenters. The molecule has 0 radical (unpaired) electrons. The van der Waals surface area contributed by atoms with Crippen LogP contribution in [0.1, 0.15) is 12.8 Å². The number of aliphatic imine (C=N–C) groups is 1. The largest absolute Gasteiger partial charge is 0.370 e. The van der Waals surface area contributed by atoms with E-state index >= 15 is 0 Å². The Morgan fingerprint density at radius 2 is 2.13 bits per heavy atom. The number of amides is 1. The average Bonchev–Trinajstić information content (AvgIpc) is 2.21. The lowest BCUT2D eigenvalue weighted by Crippen LogP contribution is -2.41. The van der Waals surface area contributed by atoms with E-state index in [2.05, 4.69) is 4.99 Å². The second-order valence-electron chi connectivity index (χ2n) is 3.07. The first-order valence-corrected chi connectivity index (χ1v) is 4.61. The van der Waals surface area contributed by atoms with Gasteiger partial charge in [-0.3, -0.25) is 14.6 Å². The normalized spacial score (nSPS) is 11.9. The van der Waals surface area contributed by atoms with Gasteiger partial charge in [0.05, 0.1) is 13.2 Å². The first kappa shape index (κ1) is 13.7. The number of hydroxylamine groups is 2. The van der Waals surface area contributed by atoms with E-state index < -0.39 is 6.04 Å². The fraction of sp³-hybridized carbons (Fsp3) is 0.750. The maximum atomic E-state index is 11.4. The second-order valence-corrected chi connectivity index (χ2v) is 3.07. The van der Waals surface area contributed by atoms with Crippen LogP contribution in [0.3, 0.4) is 0 Å². The number of hydrogen-bond donors (Lipinski definition) is 3. The fourth-order valence-corrected chi connectivity index (χ4v) is 0.966. The zero-order valence-electron chi connectivity index (χ0n) is 9.14. The van der Waals surface area contributed by atoms with Crippen LogP contribution in [0, 0.1) is 0 Å². The van der Waals surface area contributed by atoms with Crippen molar-refractivity contribution in [2.45, 2.75) is 18.9 Å². The van der Waals surface area contributed by atoms with Gasteiger partial charge in [0.1, 0.15) is 0 Å². The summed E-state index contributed by atoms with van der Waals surface area (Å²) >= 11 is 0. The number of carbonyl (C=O) groups is 1. The molecule has 1 amide bonds. The number of nitrogens with zero attached hydrogens (tertiary/aromatic N) is 2. The molecule has 0 aliphatic carbocycles. The van der Waals surface area contributed by atoms with Crippen LogP contribution in [0.4, 0.5) is 0 Å². The van der Waals surface area contributed by atoms with Crippen LogP contribution in [0.15, 0.2) is 4.99 Å². The van der Waals surface area contributed by atoms with E-state index in [9.17, 15) is 4.79 Å². The standard InChI is InChI=1S/C8H19N5O2/c1-13(15-2)7(14)6(9)4-3-5-12-8(10)11/h6H,3-5,9H2,1-2H3,(H4,10,11,12)/t6-/m0/s1. The van der Waals surface area contributed by atoms with Gasteiger partial charge in [0.25, 0.3) is 5.91 Å². The van der Waals surface area contributed by atoms with E-state index in [-0.39, 0.29) is 11.9 Å². The van der Waals surface area contributed by atoms with Gasteiger partial charge in [0, 0.05) is 13.6 Å². The van der Waals surface area contributed by atoms with Gasteiger partial charge in [-0.1, -0.05) is 0 Å². The average molecular weight is 217 g/mol. The van der Waals surface area contributed by atoms with E-state index in [0.717, 1.165) is 5.06 Å². The van der Waals surface area contributed by atoms with Crippen molar-refractivity contribution in [1.29, 1.82) is 0 Å². The van der Waals surface area contributed by atoms with E-state index in [1.807, 2.05) is 0 Å². The van der Waals surface area contributed by atoms with Gasteiger partial charge in [-0.2, -0.15) is 0 Å². The number of rotatable bonds is 6. The molecule has 6 N–H and O–H groups in total. The number of carbonyl (C=O) groups excluding carboxylic acids is 1. The molecule has 0 spiro atoms. The third kappa shape index (κ3) is 5.87. The fourth-order valence-electron chi connectivity index (χ4n) is 0.966. The Morgan fingerprint density at radius 1 is 1.53 bits per heavy atom. The van der Waals surface area contributed by atoms with Gasteiger partial charge in [-0.15, -0.1) is 0 Å². The number of hydrogen-bond acceptors (Lipinski definition) is 4. The monoisotopic (exact) mass is 217 g/mol. The lowest BCUT2D eigenvalue weighted by Gasteiger charge is -2.18. The summed E-state index contributed by atoms with van der Waals surface area (Å²) in [6.45, 7) is 0.472. The van der Waals surface area contributed by atoms with Gasteiger partial charge in [0.15, 0.2) is 5.96 Å². The van der Waals surface area contributed by atoms with E-state index in [4.69, 9.17) is 22.0 Å². The molecule has 15 heavy (non-hydrogen) atoms. The minimum absolute atomic E-state index is 0.0453. The molecular formula is C8H19N5O2. The summed E-state index contributed by atoms with van der Waals surface area (Å²) in [5, 5.41) is 1.10. The SMILES string of the molecule is CON(C)C(=O)[C@@H](N)CCCN=C(N)N. The molecule has 7 heteroatoms. The van der Waals surface area contributed by atoms with Crippen molar-refractivity contribution in [3.05, 3.63) is 0 Å². The summed E-state index contributed by atoms with van der Waals surface area (Å²) in [5.74, 6) is -0.217. The molecule has 0 saturated heterocycles. The molecule has 7 nitrogen and oxygen atoms in total. The molecule has 0 aromatic heterocycles. The van der Waals surface area contributed by atoms with Crippen LogP contribution in [0.5, 0.6) is 0 Å². The van der Waals surface area contributed by atoms with Crippen molar-refractivity contribution in [3.8, 4) is 0 Å². The lowest BCUT2D eigenvalue weighted by molar-refractivity contribution is -0.170.